The van der Waals surface area contributed by atoms with Gasteiger partial charge >= 0.3 is 17.9 Å². The molecule has 2 unspecified atom stereocenters. The Labute approximate surface area is 316 Å². The summed E-state index contributed by atoms with van der Waals surface area (Å²) in [6, 6.07) is 8.57. The number of carbonyl (C=O) groups is 7. The number of benzene rings is 2. The monoisotopic (exact) mass is 768 g/mol. The third-order valence-corrected chi connectivity index (χ3v) is 8.52. The molecule has 16 nitrogen and oxygen atoms in total. The molecule has 55 heavy (non-hydrogen) atoms. The van der Waals surface area contributed by atoms with Crippen LogP contribution in [-0.2, 0) is 24.0 Å². The van der Waals surface area contributed by atoms with Gasteiger partial charge in [-0.05, 0) is 62.6 Å². The van der Waals surface area contributed by atoms with E-state index in [1.54, 1.807) is 13.8 Å². The van der Waals surface area contributed by atoms with Gasteiger partial charge in [0.15, 0.2) is 5.76 Å². The number of nitrogens with zero attached hydrogens (tertiary/aromatic N) is 1. The standard InChI is InChI=1S/C38H45FN4O12/c1-5-8-9-12-24(28(6-2)43(21-44)55-38(52)33-22(4)11-10-13-26(33)39)34(47)40-20-41-36(49)30-17-16-29(54-30)23-14-15-25(31(18-23)53-7-3)35(48)42-27(37(50)51)19-32(45)46/h10-11,13-18,21,24,27-28H,5-9,12,19-20H2,1-4H3,(H,40,47)(H,41,49)(H,42,48)(H,45,46)(H,50,51)/t24?,27?,28-/m1/s1. The Hall–Kier alpha value is -6.26. The van der Waals surface area contributed by atoms with Gasteiger partial charge in [-0.15, -0.1) is 0 Å². The predicted octanol–water partition coefficient (Wildman–Crippen LogP) is 4.46. The fraction of sp³-hybridized carbons (Fsp3) is 0.395. The lowest BCUT2D eigenvalue weighted by Gasteiger charge is -2.32. The van der Waals surface area contributed by atoms with E-state index in [4.69, 9.17) is 19.1 Å². The highest BCUT2D eigenvalue weighted by molar-refractivity contribution is 6.00. The number of hydrogen-bond acceptors (Lipinski definition) is 10. The van der Waals surface area contributed by atoms with Crippen molar-refractivity contribution < 1.29 is 62.2 Å². The van der Waals surface area contributed by atoms with Crippen molar-refractivity contribution in [1.82, 2.24) is 21.0 Å². The Bertz CT molecular complexity index is 1840. The number of carbonyl (C=O) groups excluding carboxylic acids is 5. The molecule has 1 aromatic heterocycles. The summed E-state index contributed by atoms with van der Waals surface area (Å²) in [4.78, 5) is 92.2. The van der Waals surface area contributed by atoms with Crippen LogP contribution < -0.4 is 20.7 Å². The lowest BCUT2D eigenvalue weighted by Crippen LogP contribution is -2.49. The van der Waals surface area contributed by atoms with Gasteiger partial charge in [-0.1, -0.05) is 51.3 Å². The van der Waals surface area contributed by atoms with Crippen LogP contribution in [0.25, 0.3) is 11.3 Å². The first-order valence-electron chi connectivity index (χ1n) is 17.6. The molecule has 0 bridgehead atoms. The number of carboxylic acid groups (broad SMARTS) is 2. The van der Waals surface area contributed by atoms with Crippen molar-refractivity contribution in [2.24, 2.45) is 5.92 Å². The van der Waals surface area contributed by atoms with Gasteiger partial charge in [0.05, 0.1) is 37.2 Å². The van der Waals surface area contributed by atoms with E-state index in [1.807, 2.05) is 6.92 Å². The topological polar surface area (TPSA) is 231 Å². The molecule has 0 aliphatic carbocycles. The smallest absolute Gasteiger partial charge is 0.366 e. The highest BCUT2D eigenvalue weighted by Gasteiger charge is 2.34. The van der Waals surface area contributed by atoms with Crippen molar-refractivity contribution >= 4 is 42.0 Å². The van der Waals surface area contributed by atoms with E-state index < -0.39 is 65.9 Å². The molecule has 0 saturated carbocycles. The maximum Gasteiger partial charge on any atom is 0.366 e. The molecule has 0 fully saturated rings. The van der Waals surface area contributed by atoms with Crippen molar-refractivity contribution in [2.45, 2.75) is 78.3 Å². The molecule has 0 radical (unpaired) electrons. The number of unbranched alkanes of at least 4 members (excludes halogenated alkanes) is 2. The van der Waals surface area contributed by atoms with Gasteiger partial charge in [-0.3, -0.25) is 24.0 Å². The molecule has 3 aromatic rings. The average molecular weight is 769 g/mol. The molecule has 0 aliphatic rings. The number of aryl methyl sites for hydroxylation is 1. The van der Waals surface area contributed by atoms with Crippen molar-refractivity contribution in [3.8, 4) is 17.1 Å². The molecule has 4 amide bonds. The molecule has 1 heterocycles. The van der Waals surface area contributed by atoms with Crippen LogP contribution in [0.3, 0.4) is 0 Å². The van der Waals surface area contributed by atoms with Crippen LogP contribution in [0, 0.1) is 18.7 Å². The van der Waals surface area contributed by atoms with Crippen LogP contribution in [0.1, 0.15) is 96.1 Å². The zero-order valence-electron chi connectivity index (χ0n) is 30.9. The van der Waals surface area contributed by atoms with Crippen LogP contribution in [-0.4, -0.2) is 82.7 Å². The van der Waals surface area contributed by atoms with Crippen molar-refractivity contribution in [3.63, 3.8) is 0 Å². The van der Waals surface area contributed by atoms with Crippen molar-refractivity contribution in [1.29, 1.82) is 0 Å². The highest BCUT2D eigenvalue weighted by Crippen LogP contribution is 2.29. The molecular weight excluding hydrogens is 723 g/mol. The SMILES string of the molecule is CCCCCC(C(=O)NCNC(=O)c1ccc(-c2ccc(C(=O)NC(CC(=O)O)C(=O)O)c(OCC)c2)o1)[C@@H](CC)N(C=O)OC(=O)c1c(C)cccc1F. The summed E-state index contributed by atoms with van der Waals surface area (Å²) in [6.45, 7) is 6.66. The maximum atomic E-state index is 14.5. The first-order valence-corrected chi connectivity index (χ1v) is 17.6. The van der Waals surface area contributed by atoms with Crippen LogP contribution in [0.5, 0.6) is 5.75 Å². The van der Waals surface area contributed by atoms with E-state index >= 15 is 0 Å². The van der Waals surface area contributed by atoms with Crippen molar-refractivity contribution in [3.05, 3.63) is 76.8 Å². The number of amides is 4. The van der Waals surface area contributed by atoms with E-state index in [0.717, 1.165) is 24.0 Å². The van der Waals surface area contributed by atoms with Gasteiger partial charge in [0.1, 0.15) is 28.9 Å². The van der Waals surface area contributed by atoms with E-state index in [0.29, 0.717) is 24.0 Å². The average Bonchev–Trinajstić information content (AvgIpc) is 3.64. The molecule has 2 aromatic carbocycles. The van der Waals surface area contributed by atoms with Crippen LogP contribution in [0.4, 0.5) is 4.39 Å². The van der Waals surface area contributed by atoms with Gasteiger partial charge in [0.25, 0.3) is 11.8 Å². The minimum atomic E-state index is -1.68. The normalized spacial score (nSPS) is 12.4. The molecule has 0 aliphatic heterocycles. The van der Waals surface area contributed by atoms with Gasteiger partial charge in [-0.2, -0.15) is 5.06 Å². The van der Waals surface area contributed by atoms with Gasteiger partial charge in [0, 0.05) is 5.56 Å². The first-order chi connectivity index (χ1) is 26.3. The quantitative estimate of drug-likeness (QED) is 0.0413. The third kappa shape index (κ3) is 11.9. The summed E-state index contributed by atoms with van der Waals surface area (Å²) in [5.74, 6) is -7.68. The van der Waals surface area contributed by atoms with Gasteiger partial charge in [0.2, 0.25) is 12.3 Å². The molecule has 3 atom stereocenters. The maximum absolute atomic E-state index is 14.5. The predicted molar refractivity (Wildman–Crippen MR) is 193 cm³/mol. The molecular formula is C38H45FN4O12. The first kappa shape index (κ1) is 43.1. The number of carboxylic acids is 2. The summed E-state index contributed by atoms with van der Waals surface area (Å²) in [7, 11) is 0. The number of rotatable bonds is 22. The second kappa shape index (κ2) is 20.8. The zero-order valence-corrected chi connectivity index (χ0v) is 30.9. The number of halogens is 1. The van der Waals surface area contributed by atoms with Crippen LogP contribution in [0.2, 0.25) is 0 Å². The fourth-order valence-electron chi connectivity index (χ4n) is 5.75. The van der Waals surface area contributed by atoms with Gasteiger partial charge in [-0.25, -0.2) is 14.0 Å². The van der Waals surface area contributed by atoms with E-state index in [1.165, 1.54) is 49.4 Å². The Morgan fingerprint density at radius 1 is 0.964 bits per heavy atom. The summed E-state index contributed by atoms with van der Waals surface area (Å²) < 4.78 is 25.7. The van der Waals surface area contributed by atoms with E-state index in [-0.39, 0.29) is 54.5 Å². The Morgan fingerprint density at radius 3 is 2.33 bits per heavy atom. The number of hydroxylamine groups is 2. The van der Waals surface area contributed by atoms with Crippen LogP contribution >= 0.6 is 0 Å². The summed E-state index contributed by atoms with van der Waals surface area (Å²) in [5, 5.41) is 26.4. The second-order valence-electron chi connectivity index (χ2n) is 12.3. The molecule has 17 heteroatoms. The Kier molecular flexibility index (Phi) is 16.3. The molecule has 296 valence electrons. The minimum Gasteiger partial charge on any atom is -0.493 e. The van der Waals surface area contributed by atoms with Crippen molar-refractivity contribution in [2.75, 3.05) is 13.3 Å². The Morgan fingerprint density at radius 2 is 1.71 bits per heavy atom. The molecule has 0 saturated heterocycles. The second-order valence-corrected chi connectivity index (χ2v) is 12.3. The molecule has 0 spiro atoms. The highest BCUT2D eigenvalue weighted by atomic mass is 19.1. The van der Waals surface area contributed by atoms with E-state index in [2.05, 4.69) is 16.0 Å². The number of furan rings is 1. The molecule has 3 rings (SSSR count). The number of aliphatic carboxylic acids is 2. The largest absolute Gasteiger partial charge is 0.493 e. The molecule has 5 N–H and O–H groups in total. The third-order valence-electron chi connectivity index (χ3n) is 8.52. The van der Waals surface area contributed by atoms with Gasteiger partial charge < -0.3 is 40.2 Å². The summed E-state index contributed by atoms with van der Waals surface area (Å²) >= 11 is 0. The number of ether oxygens (including phenoxy) is 1. The number of hydrogen-bond donors (Lipinski definition) is 5. The van der Waals surface area contributed by atoms with Crippen LogP contribution in [0.15, 0.2) is 52.9 Å². The minimum absolute atomic E-state index is 0.0474. The summed E-state index contributed by atoms with van der Waals surface area (Å²) in [6.07, 6.45) is 2.21. The van der Waals surface area contributed by atoms with E-state index in [9.17, 15) is 43.1 Å². The lowest BCUT2D eigenvalue weighted by molar-refractivity contribution is -0.171. The number of nitrogens with one attached hydrogen (secondary N) is 3. The zero-order chi connectivity index (χ0) is 40.7. The fourth-order valence-corrected chi connectivity index (χ4v) is 5.75. The summed E-state index contributed by atoms with van der Waals surface area (Å²) in [5.41, 5.74) is 0.302. The Balaban J connectivity index is 1.71. The lowest BCUT2D eigenvalue weighted by atomic mass is 9.90.